The number of rotatable bonds is 22. The van der Waals surface area contributed by atoms with Crippen molar-refractivity contribution in [2.24, 2.45) is 0 Å². The molecule has 2 amide bonds. The fraction of sp³-hybridized carbons (Fsp3) is 0.327. The summed E-state index contributed by atoms with van der Waals surface area (Å²) in [7, 11) is 0. The average Bonchev–Trinajstić information content (AvgIpc) is 4.19. The molecule has 4 unspecified atom stereocenters. The number of nitrogens with one attached hydrogen (secondary N) is 4. The van der Waals surface area contributed by atoms with Crippen LogP contribution >= 0.6 is 0 Å². The van der Waals surface area contributed by atoms with Crippen molar-refractivity contribution < 1.29 is 37.4 Å². The van der Waals surface area contributed by atoms with Crippen LogP contribution in [0.2, 0.25) is 0 Å². The maximum absolute atomic E-state index is 13.8. The van der Waals surface area contributed by atoms with Gasteiger partial charge in [-0.15, -0.1) is 0 Å². The molecule has 8 aromatic rings. The van der Waals surface area contributed by atoms with Gasteiger partial charge in [-0.05, 0) is 152 Å². The van der Waals surface area contributed by atoms with Gasteiger partial charge in [-0.2, -0.15) is 5.10 Å². The largest absolute Gasteiger partial charge is 0.391 e. The number of aliphatic hydroxyl groups excluding tert-OH is 2. The van der Waals surface area contributed by atoms with E-state index in [1.165, 1.54) is 24.3 Å². The van der Waals surface area contributed by atoms with Gasteiger partial charge >= 0.3 is 0 Å². The molecule has 0 bridgehead atoms. The number of aromatic nitrogens is 5. The Morgan fingerprint density at radius 3 is 1.50 bits per heavy atom. The number of H-pyrrole nitrogens is 2. The third kappa shape index (κ3) is 14.1. The standard InChI is InChI=1S/C28H31F2N3O2.C27H30F2N4O2/c1-2-3-12-33-13-10-20-6-7-21(17-26(20)33)28(35)32-25(16-19-14-22(29)18-23(30)15-19)27(34)9-8-24-5-4-11-31-24;1-2-3-11-33-12-9-19-4-5-20(16-25(19)33)27(35)31-24(15-18-13-21(28)17-22(29)14-18)26(34)7-6-23-8-10-30-32-23/h4-7,10-11,13-15,17-18,25,27,31,34H,2-3,8-9,12,16H2,1H3,(H,32,35);4-5,8-10,12-14,16-17,24,26,34H,2-3,6-7,11,15H2,1H3,(H,30,32)(H,31,35). The first-order valence-corrected chi connectivity index (χ1v) is 24.0. The van der Waals surface area contributed by atoms with Gasteiger partial charge in [0.2, 0.25) is 0 Å². The molecule has 0 spiro atoms. The number of amides is 2. The van der Waals surface area contributed by atoms with E-state index in [2.05, 4.69) is 48.8 Å². The zero-order valence-corrected chi connectivity index (χ0v) is 39.5. The molecule has 0 fully saturated rings. The maximum atomic E-state index is 13.8. The first-order chi connectivity index (χ1) is 33.8. The molecule has 0 saturated carbocycles. The minimum atomic E-state index is -0.939. The van der Waals surface area contributed by atoms with Crippen LogP contribution in [0.4, 0.5) is 17.6 Å². The topological polar surface area (TPSA) is 153 Å². The van der Waals surface area contributed by atoms with Gasteiger partial charge in [-0.3, -0.25) is 14.7 Å². The number of unbranched alkanes of at least 4 members (excludes halogenated alkanes) is 2. The van der Waals surface area contributed by atoms with Gasteiger partial charge < -0.3 is 35.0 Å². The summed E-state index contributed by atoms with van der Waals surface area (Å²) in [5.74, 6) is -3.47. The molecule has 70 heavy (non-hydrogen) atoms. The van der Waals surface area contributed by atoms with E-state index in [-0.39, 0.29) is 24.7 Å². The normalized spacial score (nSPS) is 13.1. The summed E-state index contributed by atoms with van der Waals surface area (Å²) in [4.78, 5) is 29.5. The van der Waals surface area contributed by atoms with Crippen LogP contribution in [0.3, 0.4) is 0 Å². The van der Waals surface area contributed by atoms with Gasteiger partial charge in [-0.25, -0.2) is 17.6 Å². The number of nitrogens with zero attached hydrogens (tertiary/aromatic N) is 3. The average molecular weight is 960 g/mol. The van der Waals surface area contributed by atoms with Gasteiger partial charge in [0.15, 0.2) is 0 Å². The molecule has 0 radical (unpaired) electrons. The lowest BCUT2D eigenvalue weighted by Crippen LogP contribution is -2.45. The number of halogens is 4. The number of aromatic amines is 2. The fourth-order valence-electron chi connectivity index (χ4n) is 8.69. The van der Waals surface area contributed by atoms with Crippen molar-refractivity contribution in [3.63, 3.8) is 0 Å². The Morgan fingerprint density at radius 1 is 0.614 bits per heavy atom. The summed E-state index contributed by atoms with van der Waals surface area (Å²) in [6.45, 7) is 6.00. The van der Waals surface area contributed by atoms with E-state index >= 15 is 0 Å². The molecule has 0 aliphatic carbocycles. The van der Waals surface area contributed by atoms with E-state index in [4.69, 9.17) is 0 Å². The van der Waals surface area contributed by atoms with E-state index in [9.17, 15) is 37.4 Å². The van der Waals surface area contributed by atoms with Crippen molar-refractivity contribution in [2.45, 2.75) is 115 Å². The summed E-state index contributed by atoms with van der Waals surface area (Å²) in [5.41, 5.74) is 5.42. The second-order valence-corrected chi connectivity index (χ2v) is 17.9. The second kappa shape index (κ2) is 24.5. The molecule has 11 nitrogen and oxygen atoms in total. The van der Waals surface area contributed by atoms with E-state index in [0.29, 0.717) is 47.9 Å². The first kappa shape index (κ1) is 50.9. The van der Waals surface area contributed by atoms with E-state index in [1.807, 2.05) is 73.2 Å². The van der Waals surface area contributed by atoms with Crippen LogP contribution in [0.25, 0.3) is 21.8 Å². The van der Waals surface area contributed by atoms with Crippen molar-refractivity contribution in [1.82, 2.24) is 34.9 Å². The van der Waals surface area contributed by atoms with Gasteiger partial charge in [-0.1, -0.05) is 38.8 Å². The predicted octanol–water partition coefficient (Wildman–Crippen LogP) is 10.2. The Hall–Kier alpha value is -6.97. The number of aliphatic hydroxyl groups is 2. The highest BCUT2D eigenvalue weighted by atomic mass is 19.1. The zero-order valence-electron chi connectivity index (χ0n) is 39.5. The summed E-state index contributed by atoms with van der Waals surface area (Å²) in [6, 6.07) is 25.7. The molecule has 0 saturated heterocycles. The smallest absolute Gasteiger partial charge is 0.251 e. The Kier molecular flexibility index (Phi) is 17.8. The Morgan fingerprint density at radius 2 is 1.09 bits per heavy atom. The summed E-state index contributed by atoms with van der Waals surface area (Å²) >= 11 is 0. The molecule has 4 aromatic heterocycles. The SMILES string of the molecule is CCCCn1ccc2ccc(C(=O)NC(Cc3cc(F)cc(F)c3)C(O)CCc3ccc[nH]3)cc21.CCCCn1ccc2ccc(C(=O)NC(Cc3cc(F)cc(F)c3)C(O)CCc3ccn[nH]3)cc21. The predicted molar refractivity (Wildman–Crippen MR) is 264 cm³/mol. The number of aryl methyl sites for hydroxylation is 4. The summed E-state index contributed by atoms with van der Waals surface area (Å²) in [6.07, 6.45) is 11.8. The van der Waals surface area contributed by atoms with Gasteiger partial charge in [0.1, 0.15) is 23.3 Å². The highest BCUT2D eigenvalue weighted by Gasteiger charge is 2.25. The second-order valence-electron chi connectivity index (χ2n) is 17.9. The van der Waals surface area contributed by atoms with E-state index < -0.39 is 47.6 Å². The Labute approximate surface area is 405 Å². The molecular formula is C55H61F4N7O4. The van der Waals surface area contributed by atoms with Crippen molar-refractivity contribution in [2.75, 3.05) is 0 Å². The number of carbonyl (C=O) groups is 2. The van der Waals surface area contributed by atoms with Crippen molar-refractivity contribution in [3.05, 3.63) is 185 Å². The molecule has 15 heteroatoms. The lowest BCUT2D eigenvalue weighted by molar-refractivity contribution is 0.0811. The highest BCUT2D eigenvalue weighted by molar-refractivity contribution is 5.99. The summed E-state index contributed by atoms with van der Waals surface area (Å²) < 4.78 is 59.4. The zero-order chi connectivity index (χ0) is 49.6. The van der Waals surface area contributed by atoms with Crippen molar-refractivity contribution in [1.29, 1.82) is 0 Å². The molecule has 4 atom stereocenters. The molecule has 4 heterocycles. The van der Waals surface area contributed by atoms with Crippen LogP contribution in [-0.4, -0.2) is 70.6 Å². The molecule has 0 aliphatic rings. The minimum Gasteiger partial charge on any atom is -0.391 e. The monoisotopic (exact) mass is 959 g/mol. The van der Waals surface area contributed by atoms with Crippen LogP contribution in [0.5, 0.6) is 0 Å². The molecule has 368 valence electrons. The van der Waals surface area contributed by atoms with Gasteiger partial charge in [0, 0.05) is 83.6 Å². The molecule has 0 aliphatic heterocycles. The van der Waals surface area contributed by atoms with Crippen molar-refractivity contribution >= 4 is 33.6 Å². The third-order valence-electron chi connectivity index (χ3n) is 12.5. The number of carbonyl (C=O) groups excluding carboxylic acids is 2. The minimum absolute atomic E-state index is 0.0830. The lowest BCUT2D eigenvalue weighted by Gasteiger charge is -2.25. The van der Waals surface area contributed by atoms with Gasteiger partial charge in [0.05, 0.1) is 24.3 Å². The van der Waals surface area contributed by atoms with Crippen LogP contribution in [0, 0.1) is 23.3 Å². The van der Waals surface area contributed by atoms with E-state index in [0.717, 1.165) is 84.1 Å². The van der Waals surface area contributed by atoms with Crippen LogP contribution in [0.15, 0.2) is 128 Å². The fourth-order valence-corrected chi connectivity index (χ4v) is 8.69. The van der Waals surface area contributed by atoms with Crippen LogP contribution in [-0.2, 0) is 38.8 Å². The van der Waals surface area contributed by atoms with Crippen LogP contribution in [0.1, 0.15) is 95.6 Å². The van der Waals surface area contributed by atoms with Crippen LogP contribution < -0.4 is 10.6 Å². The quantitative estimate of drug-likeness (QED) is 0.0374. The number of hydrogen-bond acceptors (Lipinski definition) is 5. The van der Waals surface area contributed by atoms with E-state index in [1.54, 1.807) is 18.3 Å². The maximum Gasteiger partial charge on any atom is 0.251 e. The Bertz CT molecular complexity index is 2690. The molecule has 6 N–H and O–H groups in total. The summed E-state index contributed by atoms with van der Waals surface area (Å²) in [5, 5.41) is 36.6. The molecule has 8 rings (SSSR count). The first-order valence-electron chi connectivity index (χ1n) is 24.0. The molecule has 4 aromatic carbocycles. The highest BCUT2D eigenvalue weighted by Crippen LogP contribution is 2.22. The van der Waals surface area contributed by atoms with Crippen molar-refractivity contribution in [3.8, 4) is 0 Å². The third-order valence-corrected chi connectivity index (χ3v) is 12.5. The number of hydrogen-bond donors (Lipinski definition) is 6. The number of benzene rings is 4. The lowest BCUT2D eigenvalue weighted by atomic mass is 9.97. The Balaban J connectivity index is 0.000000206. The van der Waals surface area contributed by atoms with Gasteiger partial charge in [0.25, 0.3) is 11.8 Å². The molecular weight excluding hydrogens is 899 g/mol. The number of fused-ring (bicyclic) bond motifs is 2.